The molecule has 2 rings (SSSR count). The Balaban J connectivity index is 1.93. The first-order valence-corrected chi connectivity index (χ1v) is 8.14. The van der Waals surface area contributed by atoms with Gasteiger partial charge in [-0.25, -0.2) is 4.79 Å². The summed E-state index contributed by atoms with van der Waals surface area (Å²) in [5.41, 5.74) is -0.393. The predicted octanol–water partition coefficient (Wildman–Crippen LogP) is 3.20. The number of nitro benzene ring substituents is 1. The number of carbonyl (C=O) groups is 2. The Hall–Kier alpha value is -2.15. The van der Waals surface area contributed by atoms with E-state index in [0.29, 0.717) is 0 Å². The molecule has 8 heteroatoms. The molecule has 1 fully saturated rings. The third kappa shape index (κ3) is 4.44. The molecule has 0 aromatic heterocycles. The van der Waals surface area contributed by atoms with Gasteiger partial charge in [0.15, 0.2) is 6.61 Å². The average Bonchev–Trinajstić information content (AvgIpc) is 2.59. The smallest absolute Gasteiger partial charge is 0.338 e. The van der Waals surface area contributed by atoms with Crippen molar-refractivity contribution in [3.8, 4) is 0 Å². The van der Waals surface area contributed by atoms with Gasteiger partial charge < -0.3 is 9.64 Å². The lowest BCUT2D eigenvalue weighted by Gasteiger charge is -2.31. The molecule has 0 spiro atoms. The molecular formula is C16H19ClN2O5. The number of hydrogen-bond acceptors (Lipinski definition) is 5. The number of nitrogens with zero attached hydrogens (tertiary/aromatic N) is 2. The number of esters is 1. The van der Waals surface area contributed by atoms with Gasteiger partial charge in [-0.15, -0.1) is 0 Å². The van der Waals surface area contributed by atoms with Crippen molar-refractivity contribution in [2.45, 2.75) is 38.1 Å². The van der Waals surface area contributed by atoms with Crippen molar-refractivity contribution < 1.29 is 19.2 Å². The molecule has 0 N–H and O–H groups in total. The fraction of sp³-hybridized carbons (Fsp3) is 0.500. The molecule has 1 saturated carbocycles. The summed E-state index contributed by atoms with van der Waals surface area (Å²) in [7, 11) is 1.71. The highest BCUT2D eigenvalue weighted by atomic mass is 35.5. The summed E-state index contributed by atoms with van der Waals surface area (Å²) >= 11 is 5.70. The zero-order valence-electron chi connectivity index (χ0n) is 13.4. The van der Waals surface area contributed by atoms with Crippen LogP contribution in [0.5, 0.6) is 0 Å². The molecule has 1 aromatic rings. The van der Waals surface area contributed by atoms with Crippen molar-refractivity contribution in [2.24, 2.45) is 0 Å². The number of ether oxygens (including phenoxy) is 1. The zero-order chi connectivity index (χ0) is 17.7. The number of halogens is 1. The van der Waals surface area contributed by atoms with E-state index in [1.54, 1.807) is 11.9 Å². The van der Waals surface area contributed by atoms with Gasteiger partial charge >= 0.3 is 5.97 Å². The van der Waals surface area contributed by atoms with E-state index in [9.17, 15) is 19.7 Å². The van der Waals surface area contributed by atoms with Gasteiger partial charge in [0, 0.05) is 19.2 Å². The molecule has 0 saturated heterocycles. The Morgan fingerprint density at radius 3 is 2.62 bits per heavy atom. The zero-order valence-corrected chi connectivity index (χ0v) is 14.1. The minimum absolute atomic E-state index is 0.0146. The van der Waals surface area contributed by atoms with E-state index in [4.69, 9.17) is 16.3 Å². The highest BCUT2D eigenvalue weighted by Gasteiger charge is 2.23. The minimum Gasteiger partial charge on any atom is -0.452 e. The van der Waals surface area contributed by atoms with E-state index < -0.39 is 10.9 Å². The maximum Gasteiger partial charge on any atom is 0.338 e. The molecule has 0 heterocycles. The van der Waals surface area contributed by atoms with Crippen LogP contribution in [0.25, 0.3) is 0 Å². The van der Waals surface area contributed by atoms with Crippen molar-refractivity contribution in [1.29, 1.82) is 0 Å². The molecule has 1 aromatic carbocycles. The molecule has 130 valence electrons. The largest absolute Gasteiger partial charge is 0.452 e. The van der Waals surface area contributed by atoms with Crippen LogP contribution in [0.1, 0.15) is 42.5 Å². The lowest BCUT2D eigenvalue weighted by molar-refractivity contribution is -0.384. The van der Waals surface area contributed by atoms with Gasteiger partial charge in [0.25, 0.3) is 11.6 Å². The molecule has 0 atom stereocenters. The van der Waals surface area contributed by atoms with Crippen molar-refractivity contribution >= 4 is 29.2 Å². The summed E-state index contributed by atoms with van der Waals surface area (Å²) in [4.78, 5) is 35.9. The SMILES string of the molecule is CN(C(=O)COC(=O)c1ccc(Cl)c([N+](=O)[O-])c1)C1CCCCC1. The van der Waals surface area contributed by atoms with Crippen LogP contribution in [-0.4, -0.2) is 41.4 Å². The number of nitro groups is 1. The van der Waals surface area contributed by atoms with Gasteiger partial charge in [0.2, 0.25) is 0 Å². The number of amides is 1. The van der Waals surface area contributed by atoms with Crippen LogP contribution in [-0.2, 0) is 9.53 Å². The maximum absolute atomic E-state index is 12.1. The summed E-state index contributed by atoms with van der Waals surface area (Å²) in [5, 5.41) is 10.8. The molecule has 24 heavy (non-hydrogen) atoms. The van der Waals surface area contributed by atoms with Gasteiger partial charge in [-0.1, -0.05) is 30.9 Å². The molecule has 1 aliphatic rings. The average molecular weight is 355 g/mol. The van der Waals surface area contributed by atoms with Gasteiger partial charge in [-0.2, -0.15) is 0 Å². The Labute approximate surface area is 144 Å². The van der Waals surface area contributed by atoms with E-state index in [2.05, 4.69) is 0 Å². The van der Waals surface area contributed by atoms with E-state index in [0.717, 1.165) is 31.7 Å². The fourth-order valence-corrected chi connectivity index (χ4v) is 2.95. The van der Waals surface area contributed by atoms with Crippen molar-refractivity contribution in [3.05, 3.63) is 38.9 Å². The summed E-state index contributed by atoms with van der Waals surface area (Å²) < 4.78 is 4.98. The van der Waals surface area contributed by atoms with Crippen LogP contribution in [0.3, 0.4) is 0 Å². The summed E-state index contributed by atoms with van der Waals surface area (Å²) in [6, 6.07) is 3.81. The van der Waals surface area contributed by atoms with Gasteiger partial charge in [-0.05, 0) is 25.0 Å². The van der Waals surface area contributed by atoms with Crippen molar-refractivity contribution in [1.82, 2.24) is 4.90 Å². The van der Waals surface area contributed by atoms with Crippen LogP contribution in [0.4, 0.5) is 5.69 Å². The van der Waals surface area contributed by atoms with E-state index in [-0.39, 0.29) is 34.8 Å². The summed E-state index contributed by atoms with van der Waals surface area (Å²) in [6.07, 6.45) is 5.29. The van der Waals surface area contributed by atoms with Crippen LogP contribution >= 0.6 is 11.6 Å². The molecular weight excluding hydrogens is 336 g/mol. The van der Waals surface area contributed by atoms with E-state index in [1.165, 1.54) is 18.6 Å². The first-order chi connectivity index (χ1) is 11.4. The first-order valence-electron chi connectivity index (χ1n) is 7.77. The Bertz CT molecular complexity index is 643. The number of carbonyl (C=O) groups excluding carboxylic acids is 2. The Morgan fingerprint density at radius 1 is 1.33 bits per heavy atom. The highest BCUT2D eigenvalue weighted by Crippen LogP contribution is 2.25. The second-order valence-electron chi connectivity index (χ2n) is 5.80. The topological polar surface area (TPSA) is 89.8 Å². The molecule has 0 aliphatic heterocycles. The second kappa shape index (κ2) is 8.10. The van der Waals surface area contributed by atoms with Crippen LogP contribution in [0.15, 0.2) is 18.2 Å². The lowest BCUT2D eigenvalue weighted by Crippen LogP contribution is -2.40. The fourth-order valence-electron chi connectivity index (χ4n) is 2.76. The van der Waals surface area contributed by atoms with Gasteiger partial charge in [-0.3, -0.25) is 14.9 Å². The molecule has 1 amide bonds. The third-order valence-corrected chi connectivity index (χ3v) is 4.54. The van der Waals surface area contributed by atoms with Crippen LogP contribution in [0, 0.1) is 10.1 Å². The van der Waals surface area contributed by atoms with E-state index in [1.807, 2.05) is 0 Å². The normalized spacial score (nSPS) is 14.9. The summed E-state index contributed by atoms with van der Waals surface area (Å²) in [5.74, 6) is -1.07. The molecule has 1 aliphatic carbocycles. The van der Waals surface area contributed by atoms with Crippen molar-refractivity contribution in [3.63, 3.8) is 0 Å². The molecule has 0 bridgehead atoms. The quantitative estimate of drug-likeness (QED) is 0.460. The Kier molecular flexibility index (Phi) is 6.14. The van der Waals surface area contributed by atoms with Crippen LogP contribution in [0.2, 0.25) is 5.02 Å². The Morgan fingerprint density at radius 2 is 2.00 bits per heavy atom. The number of hydrogen-bond donors (Lipinski definition) is 0. The lowest BCUT2D eigenvalue weighted by atomic mass is 9.94. The van der Waals surface area contributed by atoms with Crippen molar-refractivity contribution in [2.75, 3.05) is 13.7 Å². The predicted molar refractivity (Wildman–Crippen MR) is 88.0 cm³/mol. The summed E-state index contributed by atoms with van der Waals surface area (Å²) in [6.45, 7) is -0.387. The van der Waals surface area contributed by atoms with Crippen LogP contribution < -0.4 is 0 Å². The standard InChI is InChI=1S/C16H19ClN2O5/c1-18(12-5-3-2-4-6-12)15(20)10-24-16(21)11-7-8-13(17)14(9-11)19(22)23/h7-9,12H,2-6,10H2,1H3. The number of rotatable bonds is 5. The first kappa shape index (κ1) is 18.2. The number of likely N-dealkylation sites (N-methyl/N-ethyl adjacent to an activating group) is 1. The highest BCUT2D eigenvalue weighted by molar-refractivity contribution is 6.32. The van der Waals surface area contributed by atoms with E-state index >= 15 is 0 Å². The maximum atomic E-state index is 12.1. The van der Waals surface area contributed by atoms with Gasteiger partial charge in [0.05, 0.1) is 10.5 Å². The third-order valence-electron chi connectivity index (χ3n) is 4.22. The second-order valence-corrected chi connectivity index (χ2v) is 6.20. The minimum atomic E-state index is -0.792. The monoisotopic (exact) mass is 354 g/mol. The molecule has 7 nitrogen and oxygen atoms in total. The van der Waals surface area contributed by atoms with Gasteiger partial charge in [0.1, 0.15) is 5.02 Å². The molecule has 0 unspecified atom stereocenters. The molecule has 0 radical (unpaired) electrons. The number of benzene rings is 1.